The van der Waals surface area contributed by atoms with E-state index in [-0.39, 0.29) is 18.2 Å². The molecule has 0 aliphatic carbocycles. The van der Waals surface area contributed by atoms with Crippen molar-refractivity contribution >= 4 is 5.91 Å². The average Bonchev–Trinajstić information content (AvgIpc) is 2.47. The van der Waals surface area contributed by atoms with Crippen molar-refractivity contribution in [1.82, 2.24) is 15.1 Å². The van der Waals surface area contributed by atoms with Crippen molar-refractivity contribution in [2.75, 3.05) is 39.8 Å². The first-order chi connectivity index (χ1) is 10.9. The second-order valence-electron chi connectivity index (χ2n) is 7.73. The molecule has 0 radical (unpaired) electrons. The predicted molar refractivity (Wildman–Crippen MR) is 93.4 cm³/mol. The Morgan fingerprint density at radius 3 is 2.22 bits per heavy atom. The Kier molecular flexibility index (Phi) is 6.86. The number of hydrogen-bond acceptors (Lipinski definition) is 4. The maximum atomic E-state index is 13.1. The summed E-state index contributed by atoms with van der Waals surface area (Å²) < 4.78 is 5.84. The summed E-state index contributed by atoms with van der Waals surface area (Å²) in [5.41, 5.74) is 0. The second-order valence-corrected chi connectivity index (χ2v) is 7.73. The van der Waals surface area contributed by atoms with Crippen LogP contribution in [0.5, 0.6) is 0 Å². The quantitative estimate of drug-likeness (QED) is 0.833. The number of hydrogen-bond donors (Lipinski definition) is 1. The van der Waals surface area contributed by atoms with E-state index in [1.165, 1.54) is 0 Å². The van der Waals surface area contributed by atoms with Gasteiger partial charge in [-0.25, -0.2) is 0 Å². The normalized spacial score (nSPS) is 29.0. The molecule has 1 N–H and O–H groups in total. The highest BCUT2D eigenvalue weighted by atomic mass is 16.5. The van der Waals surface area contributed by atoms with Crippen molar-refractivity contribution in [3.05, 3.63) is 0 Å². The van der Waals surface area contributed by atoms with E-state index in [4.69, 9.17) is 4.74 Å². The van der Waals surface area contributed by atoms with E-state index in [0.29, 0.717) is 17.7 Å². The number of rotatable bonds is 5. The molecule has 1 amide bonds. The number of nitrogens with one attached hydrogen (secondary N) is 1. The van der Waals surface area contributed by atoms with Crippen LogP contribution in [0.1, 0.15) is 40.5 Å². The maximum absolute atomic E-state index is 13.1. The fourth-order valence-corrected chi connectivity index (χ4v) is 4.14. The van der Waals surface area contributed by atoms with E-state index >= 15 is 0 Å². The molecule has 0 aromatic heterocycles. The molecule has 5 heteroatoms. The van der Waals surface area contributed by atoms with E-state index in [2.05, 4.69) is 42.8 Å². The van der Waals surface area contributed by atoms with Gasteiger partial charge in [0.15, 0.2) is 0 Å². The third-order valence-electron chi connectivity index (χ3n) is 5.14. The zero-order chi connectivity index (χ0) is 17.0. The van der Waals surface area contributed by atoms with Crippen LogP contribution in [-0.2, 0) is 9.53 Å². The highest BCUT2D eigenvalue weighted by Crippen LogP contribution is 2.23. The van der Waals surface area contributed by atoms with Crippen LogP contribution in [0, 0.1) is 11.8 Å². The minimum Gasteiger partial charge on any atom is -0.373 e. The van der Waals surface area contributed by atoms with Crippen LogP contribution in [0.15, 0.2) is 0 Å². The third kappa shape index (κ3) is 4.91. The Balaban J connectivity index is 1.99. The summed E-state index contributed by atoms with van der Waals surface area (Å²) in [7, 11) is 2.01. The maximum Gasteiger partial charge on any atom is 0.240 e. The van der Waals surface area contributed by atoms with Crippen molar-refractivity contribution in [3.63, 3.8) is 0 Å². The van der Waals surface area contributed by atoms with E-state index in [9.17, 15) is 4.79 Å². The molecule has 0 aromatic rings. The summed E-state index contributed by atoms with van der Waals surface area (Å²) >= 11 is 0. The van der Waals surface area contributed by atoms with Gasteiger partial charge in [-0.3, -0.25) is 9.69 Å². The molecule has 2 fully saturated rings. The first-order valence-electron chi connectivity index (χ1n) is 9.25. The van der Waals surface area contributed by atoms with Gasteiger partial charge in [0.25, 0.3) is 0 Å². The summed E-state index contributed by atoms with van der Waals surface area (Å²) in [4.78, 5) is 17.6. The fourth-order valence-electron chi connectivity index (χ4n) is 4.14. The van der Waals surface area contributed by atoms with Crippen LogP contribution in [0.3, 0.4) is 0 Å². The third-order valence-corrected chi connectivity index (χ3v) is 5.14. The first kappa shape index (κ1) is 18.7. The number of piperidine rings is 1. The van der Waals surface area contributed by atoms with Gasteiger partial charge in [-0.05, 0) is 52.1 Å². The largest absolute Gasteiger partial charge is 0.373 e. The molecule has 2 aliphatic rings. The Hall–Kier alpha value is -0.650. The Labute approximate surface area is 141 Å². The molecule has 23 heavy (non-hydrogen) atoms. The molecule has 3 atom stereocenters. The van der Waals surface area contributed by atoms with Crippen LogP contribution in [-0.4, -0.2) is 73.7 Å². The molecule has 2 rings (SSSR count). The highest BCUT2D eigenvalue weighted by Gasteiger charge is 2.37. The van der Waals surface area contributed by atoms with E-state index in [1.807, 2.05) is 7.05 Å². The number of nitrogens with zero attached hydrogens (tertiary/aromatic N) is 2. The molecular weight excluding hydrogens is 290 g/mol. The van der Waals surface area contributed by atoms with Crippen molar-refractivity contribution < 1.29 is 9.53 Å². The van der Waals surface area contributed by atoms with Crippen LogP contribution in [0.2, 0.25) is 0 Å². The monoisotopic (exact) mass is 325 g/mol. The lowest BCUT2D eigenvalue weighted by Gasteiger charge is -2.43. The molecule has 0 bridgehead atoms. The van der Waals surface area contributed by atoms with Gasteiger partial charge in [-0.2, -0.15) is 0 Å². The molecule has 134 valence electrons. The molecule has 2 heterocycles. The number of carbonyl (C=O) groups excluding carboxylic acids is 1. The minimum absolute atomic E-state index is 0.00958. The fraction of sp³-hybridized carbons (Fsp3) is 0.944. The Morgan fingerprint density at radius 2 is 1.74 bits per heavy atom. The van der Waals surface area contributed by atoms with Gasteiger partial charge < -0.3 is 15.0 Å². The Bertz CT molecular complexity index is 370. The second kappa shape index (κ2) is 8.45. The van der Waals surface area contributed by atoms with Crippen molar-refractivity contribution in [3.8, 4) is 0 Å². The molecular formula is C18H35N3O2. The zero-order valence-electron chi connectivity index (χ0n) is 15.5. The average molecular weight is 325 g/mol. The topological polar surface area (TPSA) is 44.8 Å². The molecule has 0 saturated carbocycles. The van der Waals surface area contributed by atoms with Gasteiger partial charge in [0.2, 0.25) is 5.91 Å². The predicted octanol–water partition coefficient (Wildman–Crippen LogP) is 1.58. The lowest BCUT2D eigenvalue weighted by Crippen LogP contribution is -2.58. The van der Waals surface area contributed by atoms with Crippen molar-refractivity contribution in [1.29, 1.82) is 0 Å². The van der Waals surface area contributed by atoms with E-state index in [1.54, 1.807) is 0 Å². The number of amides is 1. The number of likely N-dealkylation sites (tertiary alicyclic amines) is 1. The number of morpholine rings is 1. The van der Waals surface area contributed by atoms with E-state index < -0.39 is 0 Å². The van der Waals surface area contributed by atoms with Crippen LogP contribution in [0.4, 0.5) is 0 Å². The molecule has 3 unspecified atom stereocenters. The van der Waals surface area contributed by atoms with Crippen LogP contribution in [0.25, 0.3) is 0 Å². The summed E-state index contributed by atoms with van der Waals surface area (Å²) in [6.45, 7) is 13.1. The highest BCUT2D eigenvalue weighted by molar-refractivity contribution is 5.82. The standard InChI is InChI=1S/C18H35N3O2/c1-13(2)17(21-11-14(3)23-15(4)12-21)18(22)20-8-6-16(7-9-20)10-19-5/h13-17,19H,6-12H2,1-5H3. The van der Waals surface area contributed by atoms with E-state index in [0.717, 1.165) is 45.6 Å². The molecule has 5 nitrogen and oxygen atoms in total. The first-order valence-corrected chi connectivity index (χ1v) is 9.25. The summed E-state index contributed by atoms with van der Waals surface area (Å²) in [6, 6.07) is -0.00958. The van der Waals surface area contributed by atoms with Crippen LogP contribution >= 0.6 is 0 Å². The van der Waals surface area contributed by atoms with Gasteiger partial charge in [0, 0.05) is 26.2 Å². The zero-order valence-corrected chi connectivity index (χ0v) is 15.5. The summed E-state index contributed by atoms with van der Waals surface area (Å²) in [5, 5.41) is 3.26. The molecule has 2 aliphatic heterocycles. The molecule has 2 saturated heterocycles. The Morgan fingerprint density at radius 1 is 1.17 bits per heavy atom. The minimum atomic E-state index is -0.00958. The van der Waals surface area contributed by atoms with Crippen molar-refractivity contribution in [2.45, 2.75) is 58.8 Å². The summed E-state index contributed by atoms with van der Waals surface area (Å²) in [5.74, 6) is 1.37. The lowest BCUT2D eigenvalue weighted by atomic mass is 9.94. The number of ether oxygens (including phenoxy) is 1. The molecule has 0 spiro atoms. The number of carbonyl (C=O) groups is 1. The van der Waals surface area contributed by atoms with Gasteiger partial charge in [-0.1, -0.05) is 13.8 Å². The summed E-state index contributed by atoms with van der Waals surface area (Å²) in [6.07, 6.45) is 2.64. The smallest absolute Gasteiger partial charge is 0.240 e. The van der Waals surface area contributed by atoms with Crippen molar-refractivity contribution in [2.24, 2.45) is 11.8 Å². The molecule has 0 aromatic carbocycles. The SMILES string of the molecule is CNCC1CCN(C(=O)C(C(C)C)N2CC(C)OC(C)C2)CC1. The van der Waals surface area contributed by atoms with Crippen LogP contribution < -0.4 is 5.32 Å². The van der Waals surface area contributed by atoms with Gasteiger partial charge in [-0.15, -0.1) is 0 Å². The van der Waals surface area contributed by atoms with Gasteiger partial charge >= 0.3 is 0 Å². The van der Waals surface area contributed by atoms with Gasteiger partial charge in [0.1, 0.15) is 0 Å². The lowest BCUT2D eigenvalue weighted by molar-refractivity contribution is -0.146. The van der Waals surface area contributed by atoms with Gasteiger partial charge in [0.05, 0.1) is 18.2 Å².